The summed E-state index contributed by atoms with van der Waals surface area (Å²) in [5, 5.41) is 1.14. The normalized spacial score (nSPS) is 11.6. The summed E-state index contributed by atoms with van der Waals surface area (Å²) in [5.41, 5.74) is 2.14. The van der Waals surface area contributed by atoms with Crippen LogP contribution >= 0.6 is 11.8 Å². The molecule has 1 heterocycles. The maximum Gasteiger partial charge on any atom is 0.138 e. The van der Waals surface area contributed by atoms with Crippen LogP contribution in [0, 0.1) is 5.82 Å². The Morgan fingerprint density at radius 3 is 2.76 bits per heavy atom. The van der Waals surface area contributed by atoms with Crippen molar-refractivity contribution in [3.05, 3.63) is 29.7 Å². The molecule has 2 rings (SSSR count). The van der Waals surface area contributed by atoms with Crippen molar-refractivity contribution in [1.82, 2.24) is 9.88 Å². The highest BCUT2D eigenvalue weighted by Gasteiger charge is 2.09. The van der Waals surface area contributed by atoms with Crippen molar-refractivity contribution in [1.29, 1.82) is 0 Å². The second-order valence-corrected chi connectivity index (χ2v) is 5.25. The van der Waals surface area contributed by atoms with Crippen LogP contribution in [0.5, 0.6) is 0 Å². The Bertz CT molecular complexity index is 519. The molecular weight excluding hydrogens is 235 g/mol. The number of nitrogens with one attached hydrogen (secondary N) is 1. The van der Waals surface area contributed by atoms with Crippen molar-refractivity contribution >= 4 is 22.7 Å². The van der Waals surface area contributed by atoms with Gasteiger partial charge in [-0.2, -0.15) is 0 Å². The molecular formula is C13H17FN2S. The molecule has 92 valence electrons. The van der Waals surface area contributed by atoms with Crippen molar-refractivity contribution in [2.45, 2.75) is 11.3 Å². The minimum Gasteiger partial charge on any atom is -0.361 e. The van der Waals surface area contributed by atoms with Crippen LogP contribution in [0.1, 0.15) is 5.56 Å². The average molecular weight is 252 g/mol. The lowest BCUT2D eigenvalue weighted by molar-refractivity contribution is 0.414. The first kappa shape index (κ1) is 12.5. The van der Waals surface area contributed by atoms with Gasteiger partial charge in [0.1, 0.15) is 5.82 Å². The molecule has 0 aliphatic carbocycles. The van der Waals surface area contributed by atoms with Gasteiger partial charge in [0.2, 0.25) is 0 Å². The first-order valence-electron chi connectivity index (χ1n) is 5.60. The standard InChI is InChI=1S/C13H17FN2S/c1-16(2)5-4-9-8-15-12-7-11(14)13(17-3)6-10(9)12/h6-8,15H,4-5H2,1-3H3. The fourth-order valence-corrected chi connectivity index (χ4v) is 2.38. The van der Waals surface area contributed by atoms with Crippen LogP contribution in [-0.2, 0) is 6.42 Å². The van der Waals surface area contributed by atoms with Crippen LogP contribution in [0.3, 0.4) is 0 Å². The van der Waals surface area contributed by atoms with Gasteiger partial charge in [0.25, 0.3) is 0 Å². The Morgan fingerprint density at radius 1 is 1.35 bits per heavy atom. The number of likely N-dealkylation sites (N-methyl/N-ethyl adjacent to an activating group) is 1. The van der Waals surface area contributed by atoms with Gasteiger partial charge < -0.3 is 9.88 Å². The van der Waals surface area contributed by atoms with E-state index in [1.165, 1.54) is 17.3 Å². The first-order chi connectivity index (χ1) is 8.11. The van der Waals surface area contributed by atoms with E-state index in [1.54, 1.807) is 6.07 Å². The predicted octanol–water partition coefficient (Wildman–Crippen LogP) is 3.13. The van der Waals surface area contributed by atoms with Crippen molar-refractivity contribution in [3.63, 3.8) is 0 Å². The molecule has 1 N–H and O–H groups in total. The largest absolute Gasteiger partial charge is 0.361 e. The molecule has 1 aromatic carbocycles. The number of rotatable bonds is 4. The van der Waals surface area contributed by atoms with Gasteiger partial charge in [0.15, 0.2) is 0 Å². The monoisotopic (exact) mass is 252 g/mol. The second-order valence-electron chi connectivity index (χ2n) is 4.40. The zero-order valence-electron chi connectivity index (χ0n) is 10.4. The predicted molar refractivity (Wildman–Crippen MR) is 72.3 cm³/mol. The highest BCUT2D eigenvalue weighted by Crippen LogP contribution is 2.27. The van der Waals surface area contributed by atoms with E-state index in [2.05, 4.69) is 24.0 Å². The molecule has 0 radical (unpaired) electrons. The summed E-state index contributed by atoms with van der Waals surface area (Å²) in [7, 11) is 4.11. The van der Waals surface area contributed by atoms with Crippen LogP contribution in [0.15, 0.2) is 23.2 Å². The quantitative estimate of drug-likeness (QED) is 0.843. The highest BCUT2D eigenvalue weighted by molar-refractivity contribution is 7.98. The van der Waals surface area contributed by atoms with E-state index in [-0.39, 0.29) is 5.82 Å². The van der Waals surface area contributed by atoms with Crippen LogP contribution in [0.25, 0.3) is 10.9 Å². The molecule has 1 aromatic heterocycles. The lowest BCUT2D eigenvalue weighted by Crippen LogP contribution is -2.14. The molecule has 0 amide bonds. The number of nitrogens with zero attached hydrogens (tertiary/aromatic N) is 1. The van der Waals surface area contributed by atoms with Gasteiger partial charge >= 0.3 is 0 Å². The molecule has 0 unspecified atom stereocenters. The average Bonchev–Trinajstić information content (AvgIpc) is 2.67. The van der Waals surface area contributed by atoms with Crippen molar-refractivity contribution < 1.29 is 4.39 Å². The van der Waals surface area contributed by atoms with E-state index >= 15 is 0 Å². The van der Waals surface area contributed by atoms with Gasteiger partial charge in [-0.25, -0.2) is 4.39 Å². The molecule has 0 spiro atoms. The minimum absolute atomic E-state index is 0.147. The number of H-pyrrole nitrogens is 1. The van der Waals surface area contributed by atoms with Gasteiger partial charge in [-0.05, 0) is 44.5 Å². The Kier molecular flexibility index (Phi) is 3.74. The molecule has 0 bridgehead atoms. The number of hydrogen-bond donors (Lipinski definition) is 1. The molecule has 0 aliphatic heterocycles. The van der Waals surface area contributed by atoms with Crippen LogP contribution in [0.4, 0.5) is 4.39 Å². The molecule has 17 heavy (non-hydrogen) atoms. The van der Waals surface area contributed by atoms with E-state index in [0.717, 1.165) is 23.9 Å². The Morgan fingerprint density at radius 2 is 2.12 bits per heavy atom. The summed E-state index contributed by atoms with van der Waals surface area (Å²) in [6.45, 7) is 0.999. The maximum absolute atomic E-state index is 13.6. The van der Waals surface area contributed by atoms with Crippen molar-refractivity contribution in [3.8, 4) is 0 Å². The number of thioether (sulfide) groups is 1. The molecule has 2 nitrogen and oxygen atoms in total. The van der Waals surface area contributed by atoms with Crippen LogP contribution in [-0.4, -0.2) is 36.8 Å². The fraction of sp³-hybridized carbons (Fsp3) is 0.385. The summed E-state index contributed by atoms with van der Waals surface area (Å²) in [6, 6.07) is 3.52. The summed E-state index contributed by atoms with van der Waals surface area (Å²) in [6.07, 6.45) is 4.86. The second kappa shape index (κ2) is 5.10. The van der Waals surface area contributed by atoms with Crippen molar-refractivity contribution in [2.75, 3.05) is 26.9 Å². The smallest absolute Gasteiger partial charge is 0.138 e. The zero-order valence-corrected chi connectivity index (χ0v) is 11.2. The Labute approximate surface area is 105 Å². The van der Waals surface area contributed by atoms with Crippen LogP contribution < -0.4 is 0 Å². The third-order valence-corrected chi connectivity index (χ3v) is 3.62. The van der Waals surface area contributed by atoms with E-state index in [1.807, 2.05) is 18.5 Å². The topological polar surface area (TPSA) is 19.0 Å². The van der Waals surface area contributed by atoms with E-state index in [9.17, 15) is 4.39 Å². The molecule has 0 saturated heterocycles. The lowest BCUT2D eigenvalue weighted by atomic mass is 10.1. The van der Waals surface area contributed by atoms with Gasteiger partial charge in [-0.3, -0.25) is 0 Å². The number of halogens is 1. The summed E-state index contributed by atoms with van der Waals surface area (Å²) < 4.78 is 13.6. The molecule has 0 fully saturated rings. The third kappa shape index (κ3) is 2.64. The van der Waals surface area contributed by atoms with Gasteiger partial charge in [0.05, 0.1) is 0 Å². The third-order valence-electron chi connectivity index (χ3n) is 2.87. The zero-order chi connectivity index (χ0) is 12.4. The Balaban J connectivity index is 2.37. The van der Waals surface area contributed by atoms with E-state index in [0.29, 0.717) is 4.90 Å². The SMILES string of the molecule is CSc1cc2c(CCN(C)C)c[nH]c2cc1F. The molecule has 0 atom stereocenters. The van der Waals surface area contributed by atoms with Crippen LogP contribution in [0.2, 0.25) is 0 Å². The highest BCUT2D eigenvalue weighted by atomic mass is 32.2. The van der Waals surface area contributed by atoms with Gasteiger partial charge in [-0.1, -0.05) is 0 Å². The number of aromatic amines is 1. The van der Waals surface area contributed by atoms with Gasteiger partial charge in [0, 0.05) is 28.5 Å². The molecule has 4 heteroatoms. The number of aromatic nitrogens is 1. The molecule has 0 aliphatic rings. The van der Waals surface area contributed by atoms with Gasteiger partial charge in [-0.15, -0.1) is 11.8 Å². The number of fused-ring (bicyclic) bond motifs is 1. The van der Waals surface area contributed by atoms with E-state index in [4.69, 9.17) is 0 Å². The number of hydrogen-bond acceptors (Lipinski definition) is 2. The summed E-state index contributed by atoms with van der Waals surface area (Å²) >= 11 is 1.45. The summed E-state index contributed by atoms with van der Waals surface area (Å²) in [4.78, 5) is 6.00. The first-order valence-corrected chi connectivity index (χ1v) is 6.82. The fourth-order valence-electron chi connectivity index (χ4n) is 1.89. The minimum atomic E-state index is -0.147. The Hall–Kier alpha value is -1.00. The van der Waals surface area contributed by atoms with E-state index < -0.39 is 0 Å². The van der Waals surface area contributed by atoms with Crippen molar-refractivity contribution in [2.24, 2.45) is 0 Å². The molecule has 2 aromatic rings. The summed E-state index contributed by atoms with van der Waals surface area (Å²) in [5.74, 6) is -0.147. The lowest BCUT2D eigenvalue weighted by Gasteiger charge is -2.08. The molecule has 0 saturated carbocycles. The number of benzene rings is 1. The maximum atomic E-state index is 13.6.